The van der Waals surface area contributed by atoms with Gasteiger partial charge in [-0.3, -0.25) is 0 Å². The summed E-state index contributed by atoms with van der Waals surface area (Å²) < 4.78 is 43.1. The summed E-state index contributed by atoms with van der Waals surface area (Å²) in [5, 5.41) is 10.1. The number of alkyl halides is 3. The van der Waals surface area contributed by atoms with Gasteiger partial charge in [0.25, 0.3) is 0 Å². The fraction of sp³-hybridized carbons (Fsp3) is 0.158. The molecule has 7 heteroatoms. The Hall–Kier alpha value is -3.09. The first-order valence-electron chi connectivity index (χ1n) is 7.84. The average molecular weight is 359 g/mol. The van der Waals surface area contributed by atoms with Crippen LogP contribution in [-0.4, -0.2) is 17.3 Å². The molecule has 0 radical (unpaired) electrons. The van der Waals surface area contributed by atoms with Crippen molar-refractivity contribution in [3.05, 3.63) is 83.6 Å². The van der Waals surface area contributed by atoms with Crippen molar-refractivity contribution in [3.8, 4) is 5.75 Å². The van der Waals surface area contributed by atoms with Crippen LogP contribution in [0.5, 0.6) is 5.75 Å². The van der Waals surface area contributed by atoms with E-state index in [0.29, 0.717) is 0 Å². The van der Waals surface area contributed by atoms with Crippen LogP contribution in [0.1, 0.15) is 22.9 Å². The molecule has 4 nitrogen and oxygen atoms in total. The van der Waals surface area contributed by atoms with E-state index in [2.05, 4.69) is 15.5 Å². The second-order valence-electron chi connectivity index (χ2n) is 5.56. The molecule has 0 saturated heterocycles. The van der Waals surface area contributed by atoms with Gasteiger partial charge >= 0.3 is 6.18 Å². The summed E-state index contributed by atoms with van der Waals surface area (Å²) in [6, 6.07) is 18.9. The molecule has 0 bridgehead atoms. The average Bonchev–Trinajstić information content (AvgIpc) is 2.66. The first-order valence-corrected chi connectivity index (χ1v) is 7.84. The molecule has 1 N–H and O–H groups in total. The Morgan fingerprint density at radius 3 is 2.04 bits per heavy atom. The highest BCUT2D eigenvalue weighted by Gasteiger charge is 2.33. The molecule has 26 heavy (non-hydrogen) atoms. The van der Waals surface area contributed by atoms with E-state index in [1.54, 1.807) is 7.11 Å². The summed E-state index contributed by atoms with van der Waals surface area (Å²) in [6.07, 6.45) is -4.51. The molecular weight excluding hydrogens is 343 g/mol. The van der Waals surface area contributed by atoms with E-state index in [0.717, 1.165) is 22.9 Å². The number of benzene rings is 2. The molecule has 3 aromatic rings. The standard InChI is InChI=1S/C19H16F3N3O/c1-26-15-9-7-14(8-10-15)18(13-5-3-2-4-6-13)23-17-12-11-16(24-25-17)19(20,21)22/h2-12,18H,1H3,(H,23,25). The Morgan fingerprint density at radius 2 is 1.50 bits per heavy atom. The van der Waals surface area contributed by atoms with Crippen LogP contribution in [0, 0.1) is 0 Å². The molecule has 134 valence electrons. The van der Waals surface area contributed by atoms with E-state index < -0.39 is 11.9 Å². The molecule has 1 heterocycles. The van der Waals surface area contributed by atoms with E-state index in [1.165, 1.54) is 6.07 Å². The van der Waals surface area contributed by atoms with Gasteiger partial charge in [-0.05, 0) is 35.4 Å². The fourth-order valence-corrected chi connectivity index (χ4v) is 2.51. The normalized spacial score (nSPS) is 12.5. The number of nitrogens with one attached hydrogen (secondary N) is 1. The van der Waals surface area contributed by atoms with Gasteiger partial charge in [0, 0.05) is 0 Å². The van der Waals surface area contributed by atoms with Crippen molar-refractivity contribution in [3.63, 3.8) is 0 Å². The minimum absolute atomic E-state index is 0.252. The van der Waals surface area contributed by atoms with Crippen LogP contribution >= 0.6 is 0 Å². The number of anilines is 1. The van der Waals surface area contributed by atoms with Crippen molar-refractivity contribution in [2.45, 2.75) is 12.2 Å². The summed E-state index contributed by atoms with van der Waals surface area (Å²) in [7, 11) is 1.58. The van der Waals surface area contributed by atoms with Gasteiger partial charge in [-0.1, -0.05) is 42.5 Å². The Balaban J connectivity index is 1.91. The Labute approximate surface area is 148 Å². The van der Waals surface area contributed by atoms with Crippen LogP contribution in [-0.2, 0) is 6.18 Å². The van der Waals surface area contributed by atoms with Crippen LogP contribution in [0.4, 0.5) is 19.0 Å². The Morgan fingerprint density at radius 1 is 0.846 bits per heavy atom. The molecule has 0 saturated carbocycles. The molecule has 0 fully saturated rings. The van der Waals surface area contributed by atoms with Gasteiger partial charge in [-0.25, -0.2) is 0 Å². The number of aromatic nitrogens is 2. The summed E-state index contributed by atoms with van der Waals surface area (Å²) in [6.45, 7) is 0. The van der Waals surface area contributed by atoms with Gasteiger partial charge in [0.05, 0.1) is 13.2 Å². The minimum atomic E-state index is -4.51. The van der Waals surface area contributed by atoms with Gasteiger partial charge in [-0.2, -0.15) is 13.2 Å². The number of methoxy groups -OCH3 is 1. The highest BCUT2D eigenvalue weighted by atomic mass is 19.4. The van der Waals surface area contributed by atoms with Crippen LogP contribution in [0.3, 0.4) is 0 Å². The lowest BCUT2D eigenvalue weighted by Gasteiger charge is -2.20. The lowest BCUT2D eigenvalue weighted by atomic mass is 9.98. The van der Waals surface area contributed by atoms with Crippen LogP contribution in [0.2, 0.25) is 0 Å². The maximum atomic E-state index is 12.6. The zero-order valence-electron chi connectivity index (χ0n) is 13.9. The Bertz CT molecular complexity index is 835. The van der Waals surface area contributed by atoms with Crippen molar-refractivity contribution in [2.24, 2.45) is 0 Å². The number of rotatable bonds is 5. The lowest BCUT2D eigenvalue weighted by Crippen LogP contribution is -2.15. The largest absolute Gasteiger partial charge is 0.497 e. The molecule has 2 aromatic carbocycles. The molecule has 3 rings (SSSR count). The maximum Gasteiger partial charge on any atom is 0.435 e. The van der Waals surface area contributed by atoms with Crippen molar-refractivity contribution in [2.75, 3.05) is 12.4 Å². The third-order valence-corrected chi connectivity index (χ3v) is 3.83. The molecule has 0 aliphatic carbocycles. The molecule has 0 amide bonds. The molecule has 1 aromatic heterocycles. The Kier molecular flexibility index (Phi) is 5.06. The van der Waals surface area contributed by atoms with E-state index in [-0.39, 0.29) is 11.9 Å². The van der Waals surface area contributed by atoms with Gasteiger partial charge < -0.3 is 10.1 Å². The second kappa shape index (κ2) is 7.43. The van der Waals surface area contributed by atoms with Crippen LogP contribution < -0.4 is 10.1 Å². The number of hydrogen-bond acceptors (Lipinski definition) is 4. The summed E-state index contributed by atoms with van der Waals surface area (Å²) in [4.78, 5) is 0. The van der Waals surface area contributed by atoms with E-state index in [9.17, 15) is 13.2 Å². The van der Waals surface area contributed by atoms with Gasteiger partial charge in [0.2, 0.25) is 0 Å². The predicted octanol–water partition coefficient (Wildman–Crippen LogP) is 4.71. The summed E-state index contributed by atoms with van der Waals surface area (Å²) >= 11 is 0. The smallest absolute Gasteiger partial charge is 0.435 e. The van der Waals surface area contributed by atoms with Crippen LogP contribution in [0.15, 0.2) is 66.7 Å². The minimum Gasteiger partial charge on any atom is -0.497 e. The zero-order valence-corrected chi connectivity index (χ0v) is 13.9. The molecule has 0 aliphatic rings. The van der Waals surface area contributed by atoms with Gasteiger partial charge in [-0.15, -0.1) is 10.2 Å². The first-order chi connectivity index (χ1) is 12.5. The van der Waals surface area contributed by atoms with Crippen LogP contribution in [0.25, 0.3) is 0 Å². The quantitative estimate of drug-likeness (QED) is 0.717. The van der Waals surface area contributed by atoms with E-state index >= 15 is 0 Å². The van der Waals surface area contributed by atoms with Crippen molar-refractivity contribution in [1.29, 1.82) is 0 Å². The van der Waals surface area contributed by atoms with Crippen molar-refractivity contribution >= 4 is 5.82 Å². The third-order valence-electron chi connectivity index (χ3n) is 3.83. The van der Waals surface area contributed by atoms with Gasteiger partial charge in [0.1, 0.15) is 11.6 Å². The summed E-state index contributed by atoms with van der Waals surface area (Å²) in [5.74, 6) is 0.970. The molecule has 0 spiro atoms. The monoisotopic (exact) mass is 359 g/mol. The van der Waals surface area contributed by atoms with E-state index in [4.69, 9.17) is 4.74 Å². The maximum absolute atomic E-state index is 12.6. The number of hydrogen-bond donors (Lipinski definition) is 1. The molecular formula is C19H16F3N3O. The highest BCUT2D eigenvalue weighted by Crippen LogP contribution is 2.29. The lowest BCUT2D eigenvalue weighted by molar-refractivity contribution is -0.141. The van der Waals surface area contributed by atoms with Gasteiger partial charge in [0.15, 0.2) is 5.69 Å². The molecule has 1 atom stereocenters. The zero-order chi connectivity index (χ0) is 18.6. The predicted molar refractivity (Wildman–Crippen MR) is 91.9 cm³/mol. The topological polar surface area (TPSA) is 47.0 Å². The molecule has 0 aliphatic heterocycles. The molecule has 1 unspecified atom stereocenters. The second-order valence-corrected chi connectivity index (χ2v) is 5.56. The number of nitrogens with zero attached hydrogens (tertiary/aromatic N) is 2. The SMILES string of the molecule is COc1ccc(C(Nc2ccc(C(F)(F)F)nn2)c2ccccc2)cc1. The fourth-order valence-electron chi connectivity index (χ4n) is 2.51. The third kappa shape index (κ3) is 4.11. The number of ether oxygens (including phenoxy) is 1. The highest BCUT2D eigenvalue weighted by molar-refractivity contribution is 5.45. The first kappa shape index (κ1) is 17.7. The van der Waals surface area contributed by atoms with E-state index in [1.807, 2.05) is 54.6 Å². The number of halogens is 3. The van der Waals surface area contributed by atoms with Crippen molar-refractivity contribution < 1.29 is 17.9 Å². The summed E-state index contributed by atoms with van der Waals surface area (Å²) in [5.41, 5.74) is 0.835. The van der Waals surface area contributed by atoms with Crippen molar-refractivity contribution in [1.82, 2.24) is 10.2 Å².